The van der Waals surface area contributed by atoms with E-state index in [4.69, 9.17) is 10.8 Å². The zero-order chi connectivity index (χ0) is 11.3. The number of aliphatic carboxylic acids is 1. The van der Waals surface area contributed by atoms with Gasteiger partial charge in [-0.25, -0.2) is 0 Å². The van der Waals surface area contributed by atoms with E-state index in [1.165, 1.54) is 4.21 Å². The van der Waals surface area contributed by atoms with Gasteiger partial charge in [0.05, 0.1) is 4.21 Å². The molecule has 3 nitrogen and oxygen atoms in total. The van der Waals surface area contributed by atoms with Crippen LogP contribution in [-0.4, -0.2) is 22.4 Å². The lowest BCUT2D eigenvalue weighted by atomic mass is 9.98. The van der Waals surface area contributed by atoms with E-state index < -0.39 is 11.5 Å². The topological polar surface area (TPSA) is 63.3 Å². The molecule has 0 saturated carbocycles. The SMILES string of the molecule is CC(N)(CCCSc1cccs1)C(=O)O. The highest BCUT2D eigenvalue weighted by atomic mass is 32.2. The number of hydrogen-bond donors (Lipinski definition) is 2. The Bertz CT molecular complexity index is 309. The van der Waals surface area contributed by atoms with Crippen LogP contribution in [0.4, 0.5) is 0 Å². The zero-order valence-corrected chi connectivity index (χ0v) is 10.2. The molecular formula is C10H15NO2S2. The average molecular weight is 245 g/mol. The van der Waals surface area contributed by atoms with Gasteiger partial charge in [0.15, 0.2) is 0 Å². The van der Waals surface area contributed by atoms with Gasteiger partial charge in [0.2, 0.25) is 0 Å². The Hall–Kier alpha value is -0.520. The third-order valence-electron chi connectivity index (χ3n) is 2.07. The van der Waals surface area contributed by atoms with Gasteiger partial charge in [-0.15, -0.1) is 23.1 Å². The third kappa shape index (κ3) is 4.24. The van der Waals surface area contributed by atoms with Crippen molar-refractivity contribution in [2.75, 3.05) is 5.75 Å². The molecule has 0 bridgehead atoms. The summed E-state index contributed by atoms with van der Waals surface area (Å²) in [7, 11) is 0. The number of carboxylic acids is 1. The van der Waals surface area contributed by atoms with Crippen LogP contribution in [0.15, 0.2) is 21.7 Å². The molecule has 0 fully saturated rings. The van der Waals surface area contributed by atoms with E-state index in [0.29, 0.717) is 6.42 Å². The molecule has 84 valence electrons. The lowest BCUT2D eigenvalue weighted by Crippen LogP contribution is -2.44. The fraction of sp³-hybridized carbons (Fsp3) is 0.500. The number of thiophene rings is 1. The van der Waals surface area contributed by atoms with Gasteiger partial charge in [-0.1, -0.05) is 6.07 Å². The van der Waals surface area contributed by atoms with Crippen LogP contribution >= 0.6 is 23.1 Å². The summed E-state index contributed by atoms with van der Waals surface area (Å²) in [6.45, 7) is 1.56. The predicted molar refractivity (Wildman–Crippen MR) is 64.5 cm³/mol. The number of rotatable bonds is 6. The van der Waals surface area contributed by atoms with Crippen molar-refractivity contribution in [1.29, 1.82) is 0 Å². The fourth-order valence-electron chi connectivity index (χ4n) is 1.06. The minimum atomic E-state index is -1.09. The first-order valence-electron chi connectivity index (χ1n) is 4.71. The molecule has 0 saturated heterocycles. The highest BCUT2D eigenvalue weighted by molar-refractivity contribution is 8.01. The van der Waals surface area contributed by atoms with Gasteiger partial charge < -0.3 is 10.8 Å². The molecule has 0 aromatic carbocycles. The molecule has 15 heavy (non-hydrogen) atoms. The number of hydrogen-bond acceptors (Lipinski definition) is 4. The molecule has 5 heteroatoms. The van der Waals surface area contributed by atoms with E-state index in [1.54, 1.807) is 30.0 Å². The smallest absolute Gasteiger partial charge is 0.323 e. The molecule has 1 aromatic heterocycles. The Morgan fingerprint density at radius 2 is 2.47 bits per heavy atom. The van der Waals surface area contributed by atoms with Crippen LogP contribution in [0.5, 0.6) is 0 Å². The first-order valence-corrected chi connectivity index (χ1v) is 6.57. The molecule has 1 aromatic rings. The normalized spacial score (nSPS) is 14.8. The third-order valence-corrected chi connectivity index (χ3v) is 4.29. The summed E-state index contributed by atoms with van der Waals surface area (Å²) in [6.07, 6.45) is 1.34. The van der Waals surface area contributed by atoms with Gasteiger partial charge in [-0.2, -0.15) is 0 Å². The largest absolute Gasteiger partial charge is 0.480 e. The zero-order valence-electron chi connectivity index (χ0n) is 8.60. The molecule has 1 atom stereocenters. The molecule has 0 amide bonds. The van der Waals surface area contributed by atoms with E-state index in [2.05, 4.69) is 6.07 Å². The Morgan fingerprint density at radius 1 is 1.73 bits per heavy atom. The van der Waals surface area contributed by atoms with Crippen molar-refractivity contribution >= 4 is 29.1 Å². The minimum absolute atomic E-state index is 0.515. The van der Waals surface area contributed by atoms with Crippen molar-refractivity contribution in [2.24, 2.45) is 5.73 Å². The summed E-state index contributed by atoms with van der Waals surface area (Å²) in [4.78, 5) is 10.7. The van der Waals surface area contributed by atoms with Gasteiger partial charge in [-0.3, -0.25) is 4.79 Å². The Kier molecular flexibility index (Phi) is 4.63. The predicted octanol–water partition coefficient (Wildman–Crippen LogP) is 2.42. The minimum Gasteiger partial charge on any atom is -0.480 e. The number of carboxylic acid groups (broad SMARTS) is 1. The standard InChI is InChI=1S/C10H15NO2S2/c1-10(11,9(12)13)5-3-7-15-8-4-2-6-14-8/h2,4,6H,3,5,7,11H2,1H3,(H,12,13). The van der Waals surface area contributed by atoms with E-state index >= 15 is 0 Å². The molecule has 1 unspecified atom stereocenters. The highest BCUT2D eigenvalue weighted by Gasteiger charge is 2.26. The van der Waals surface area contributed by atoms with E-state index in [0.717, 1.165) is 12.2 Å². The highest BCUT2D eigenvalue weighted by Crippen LogP contribution is 2.25. The molecule has 0 aliphatic carbocycles. The van der Waals surface area contributed by atoms with E-state index in [9.17, 15) is 4.79 Å². The summed E-state index contributed by atoms with van der Waals surface area (Å²) >= 11 is 3.45. The summed E-state index contributed by atoms with van der Waals surface area (Å²) in [5.74, 6) is -0.00995. The molecule has 0 aliphatic rings. The van der Waals surface area contributed by atoms with Crippen molar-refractivity contribution in [3.8, 4) is 0 Å². The van der Waals surface area contributed by atoms with Crippen LogP contribution in [0.1, 0.15) is 19.8 Å². The second-order valence-electron chi connectivity index (χ2n) is 3.61. The maximum atomic E-state index is 10.7. The Morgan fingerprint density at radius 3 is 3.00 bits per heavy atom. The number of thioether (sulfide) groups is 1. The summed E-state index contributed by atoms with van der Waals surface area (Å²) in [6, 6.07) is 4.07. The van der Waals surface area contributed by atoms with Crippen molar-refractivity contribution in [1.82, 2.24) is 0 Å². The molecule has 1 rings (SSSR count). The summed E-state index contributed by atoms with van der Waals surface area (Å²) in [5.41, 5.74) is 4.53. The van der Waals surface area contributed by atoms with Crippen LogP contribution < -0.4 is 5.73 Å². The summed E-state index contributed by atoms with van der Waals surface area (Å²) < 4.78 is 1.27. The first-order chi connectivity index (χ1) is 7.02. The molecular weight excluding hydrogens is 230 g/mol. The quantitative estimate of drug-likeness (QED) is 0.597. The van der Waals surface area contributed by atoms with Crippen LogP contribution in [0, 0.1) is 0 Å². The monoisotopic (exact) mass is 245 g/mol. The van der Waals surface area contributed by atoms with Gasteiger partial charge in [-0.05, 0) is 37.0 Å². The van der Waals surface area contributed by atoms with Gasteiger partial charge in [0.1, 0.15) is 5.54 Å². The van der Waals surface area contributed by atoms with Crippen LogP contribution in [0.25, 0.3) is 0 Å². The molecule has 0 spiro atoms. The Labute approximate surface area is 97.7 Å². The van der Waals surface area contributed by atoms with Gasteiger partial charge in [0.25, 0.3) is 0 Å². The number of nitrogens with two attached hydrogens (primary N) is 1. The van der Waals surface area contributed by atoms with Crippen molar-refractivity contribution in [3.63, 3.8) is 0 Å². The Balaban J connectivity index is 2.19. The molecule has 3 N–H and O–H groups in total. The van der Waals surface area contributed by atoms with Gasteiger partial charge >= 0.3 is 5.97 Å². The lowest BCUT2D eigenvalue weighted by Gasteiger charge is -2.18. The maximum absolute atomic E-state index is 10.7. The van der Waals surface area contributed by atoms with E-state index in [1.807, 2.05) is 11.4 Å². The van der Waals surface area contributed by atoms with Crippen molar-refractivity contribution < 1.29 is 9.90 Å². The number of carbonyl (C=O) groups is 1. The van der Waals surface area contributed by atoms with Crippen LogP contribution in [0.2, 0.25) is 0 Å². The first kappa shape index (κ1) is 12.5. The molecule has 1 heterocycles. The average Bonchev–Trinajstić information content (AvgIpc) is 2.64. The van der Waals surface area contributed by atoms with Crippen molar-refractivity contribution in [2.45, 2.75) is 29.5 Å². The van der Waals surface area contributed by atoms with Crippen LogP contribution in [-0.2, 0) is 4.79 Å². The van der Waals surface area contributed by atoms with E-state index in [-0.39, 0.29) is 0 Å². The van der Waals surface area contributed by atoms with Gasteiger partial charge in [0, 0.05) is 0 Å². The lowest BCUT2D eigenvalue weighted by molar-refractivity contribution is -0.142. The van der Waals surface area contributed by atoms with Crippen LogP contribution in [0.3, 0.4) is 0 Å². The summed E-state index contributed by atoms with van der Waals surface area (Å²) in [5, 5.41) is 10.8. The second kappa shape index (κ2) is 5.53. The molecule has 0 aliphatic heterocycles. The second-order valence-corrected chi connectivity index (χ2v) is 5.95. The fourth-order valence-corrected chi connectivity index (χ4v) is 2.87. The maximum Gasteiger partial charge on any atom is 0.323 e. The molecule has 0 radical (unpaired) electrons. The van der Waals surface area contributed by atoms with Crippen molar-refractivity contribution in [3.05, 3.63) is 17.5 Å².